The molecule has 0 fully saturated rings. The Labute approximate surface area is 134 Å². The molecule has 1 heterocycles. The zero-order valence-corrected chi connectivity index (χ0v) is 12.6. The van der Waals surface area contributed by atoms with Gasteiger partial charge in [0.1, 0.15) is 0 Å². The highest BCUT2D eigenvalue weighted by molar-refractivity contribution is 7.12. The van der Waals surface area contributed by atoms with E-state index in [-0.39, 0.29) is 24.6 Å². The predicted molar refractivity (Wildman–Crippen MR) is 81.3 cm³/mol. The van der Waals surface area contributed by atoms with E-state index < -0.39 is 17.6 Å². The molecule has 0 saturated carbocycles. The molecule has 0 unspecified atom stereocenters. The first-order valence-electron chi connectivity index (χ1n) is 6.65. The summed E-state index contributed by atoms with van der Waals surface area (Å²) in [5.74, 6) is -0.761. The Balaban J connectivity index is 1.82. The molecule has 2 amide bonds. The maximum atomic E-state index is 12.6. The molecule has 1 aromatic heterocycles. The number of nitrogens with one attached hydrogen (secondary N) is 2. The Kier molecular flexibility index (Phi) is 5.38. The minimum absolute atomic E-state index is 0.0344. The van der Waals surface area contributed by atoms with Crippen LogP contribution in [0.4, 0.5) is 18.9 Å². The second-order valence-corrected chi connectivity index (χ2v) is 5.56. The second kappa shape index (κ2) is 7.28. The van der Waals surface area contributed by atoms with Crippen LogP contribution in [-0.4, -0.2) is 18.4 Å². The SMILES string of the molecule is O=C(CCNC(=O)c1cccs1)Nc1cccc(C(F)(F)F)c1. The van der Waals surface area contributed by atoms with Gasteiger partial charge in [-0.2, -0.15) is 13.2 Å². The third-order valence-corrected chi connectivity index (χ3v) is 3.72. The van der Waals surface area contributed by atoms with E-state index in [4.69, 9.17) is 0 Å². The summed E-state index contributed by atoms with van der Waals surface area (Å²) in [6, 6.07) is 7.77. The Bertz CT molecular complexity index is 684. The molecular weight excluding hydrogens is 329 g/mol. The van der Waals surface area contributed by atoms with Gasteiger partial charge in [0.15, 0.2) is 0 Å². The van der Waals surface area contributed by atoms with E-state index in [0.717, 1.165) is 12.1 Å². The van der Waals surface area contributed by atoms with E-state index in [1.165, 1.54) is 23.5 Å². The van der Waals surface area contributed by atoms with Gasteiger partial charge in [-0.3, -0.25) is 9.59 Å². The fourth-order valence-electron chi connectivity index (χ4n) is 1.78. The Hall–Kier alpha value is -2.35. The maximum Gasteiger partial charge on any atom is 0.416 e. The van der Waals surface area contributed by atoms with Crippen molar-refractivity contribution in [3.63, 3.8) is 0 Å². The van der Waals surface area contributed by atoms with Crippen LogP contribution >= 0.6 is 11.3 Å². The van der Waals surface area contributed by atoms with Gasteiger partial charge in [0.25, 0.3) is 5.91 Å². The average Bonchev–Trinajstić information content (AvgIpc) is 3.00. The summed E-state index contributed by atoms with van der Waals surface area (Å²) >= 11 is 1.28. The highest BCUT2D eigenvalue weighted by Crippen LogP contribution is 2.30. The summed E-state index contributed by atoms with van der Waals surface area (Å²) in [5, 5.41) is 6.70. The molecule has 0 aliphatic heterocycles. The van der Waals surface area contributed by atoms with Gasteiger partial charge >= 0.3 is 6.18 Å². The number of amides is 2. The van der Waals surface area contributed by atoms with Gasteiger partial charge in [0.2, 0.25) is 5.91 Å². The molecule has 2 rings (SSSR count). The van der Waals surface area contributed by atoms with Gasteiger partial charge in [-0.25, -0.2) is 0 Å². The van der Waals surface area contributed by atoms with Crippen molar-refractivity contribution in [2.24, 2.45) is 0 Å². The number of carbonyl (C=O) groups is 2. The predicted octanol–water partition coefficient (Wildman–Crippen LogP) is 3.53. The Morgan fingerprint density at radius 3 is 2.57 bits per heavy atom. The lowest BCUT2D eigenvalue weighted by Crippen LogP contribution is -2.27. The van der Waals surface area contributed by atoms with E-state index in [1.54, 1.807) is 17.5 Å². The van der Waals surface area contributed by atoms with Gasteiger partial charge in [-0.15, -0.1) is 11.3 Å². The number of anilines is 1. The van der Waals surface area contributed by atoms with Crippen LogP contribution in [0.2, 0.25) is 0 Å². The Morgan fingerprint density at radius 2 is 1.91 bits per heavy atom. The average molecular weight is 342 g/mol. The van der Waals surface area contributed by atoms with Crippen LogP contribution in [0.5, 0.6) is 0 Å². The number of benzene rings is 1. The zero-order valence-electron chi connectivity index (χ0n) is 11.8. The summed E-state index contributed by atoms with van der Waals surface area (Å²) in [5.41, 5.74) is -0.768. The molecule has 2 aromatic rings. The van der Waals surface area contributed by atoms with Crippen molar-refractivity contribution in [3.8, 4) is 0 Å². The van der Waals surface area contributed by atoms with Gasteiger partial charge in [-0.1, -0.05) is 12.1 Å². The van der Waals surface area contributed by atoms with Crippen molar-refractivity contribution in [3.05, 3.63) is 52.2 Å². The van der Waals surface area contributed by atoms with Crippen molar-refractivity contribution in [2.45, 2.75) is 12.6 Å². The fourth-order valence-corrected chi connectivity index (χ4v) is 2.42. The number of rotatable bonds is 5. The standard InChI is InChI=1S/C15H13F3N2O2S/c16-15(17,18)10-3-1-4-11(9-10)20-13(21)6-7-19-14(22)12-5-2-8-23-12/h1-5,8-9H,6-7H2,(H,19,22)(H,20,21). The minimum atomic E-state index is -4.46. The van der Waals surface area contributed by atoms with Gasteiger partial charge < -0.3 is 10.6 Å². The highest BCUT2D eigenvalue weighted by atomic mass is 32.1. The second-order valence-electron chi connectivity index (χ2n) is 4.61. The number of hydrogen-bond acceptors (Lipinski definition) is 3. The lowest BCUT2D eigenvalue weighted by molar-refractivity contribution is -0.137. The van der Waals surface area contributed by atoms with Crippen LogP contribution in [0.15, 0.2) is 41.8 Å². The maximum absolute atomic E-state index is 12.6. The summed E-state index contributed by atoms with van der Waals surface area (Å²) < 4.78 is 37.7. The summed E-state index contributed by atoms with van der Waals surface area (Å²) in [4.78, 5) is 23.9. The molecule has 0 spiro atoms. The quantitative estimate of drug-likeness (QED) is 0.873. The summed E-state index contributed by atoms with van der Waals surface area (Å²) in [7, 11) is 0. The van der Waals surface area contributed by atoms with Crippen LogP contribution in [0.1, 0.15) is 21.7 Å². The number of alkyl halides is 3. The van der Waals surface area contributed by atoms with Crippen LogP contribution < -0.4 is 10.6 Å². The molecule has 23 heavy (non-hydrogen) atoms. The van der Waals surface area contributed by atoms with Crippen LogP contribution in [0.3, 0.4) is 0 Å². The van der Waals surface area contributed by atoms with Crippen LogP contribution in [-0.2, 0) is 11.0 Å². The molecule has 0 atom stereocenters. The lowest BCUT2D eigenvalue weighted by Gasteiger charge is -2.10. The van der Waals surface area contributed by atoms with E-state index in [2.05, 4.69) is 10.6 Å². The topological polar surface area (TPSA) is 58.2 Å². The molecule has 0 bridgehead atoms. The lowest BCUT2D eigenvalue weighted by atomic mass is 10.2. The molecule has 8 heteroatoms. The normalized spacial score (nSPS) is 11.1. The Morgan fingerprint density at radius 1 is 1.13 bits per heavy atom. The van der Waals surface area contributed by atoms with Gasteiger partial charge in [0.05, 0.1) is 10.4 Å². The van der Waals surface area contributed by atoms with Crippen LogP contribution in [0, 0.1) is 0 Å². The molecule has 1 aromatic carbocycles. The number of halogens is 3. The fraction of sp³-hybridized carbons (Fsp3) is 0.200. The molecule has 0 aliphatic carbocycles. The molecular formula is C15H13F3N2O2S. The van der Waals surface area contributed by atoms with Gasteiger partial charge in [0, 0.05) is 18.7 Å². The summed E-state index contributed by atoms with van der Waals surface area (Å²) in [6.45, 7) is 0.0987. The minimum Gasteiger partial charge on any atom is -0.351 e. The van der Waals surface area contributed by atoms with E-state index in [0.29, 0.717) is 4.88 Å². The highest BCUT2D eigenvalue weighted by Gasteiger charge is 2.30. The largest absolute Gasteiger partial charge is 0.416 e. The third kappa shape index (κ3) is 5.10. The van der Waals surface area contributed by atoms with Crippen molar-refractivity contribution in [2.75, 3.05) is 11.9 Å². The molecule has 0 radical (unpaired) electrons. The van der Waals surface area contributed by atoms with E-state index in [9.17, 15) is 22.8 Å². The number of thiophene rings is 1. The van der Waals surface area contributed by atoms with Crippen LogP contribution in [0.25, 0.3) is 0 Å². The van der Waals surface area contributed by atoms with Gasteiger partial charge in [-0.05, 0) is 29.6 Å². The van der Waals surface area contributed by atoms with Crippen molar-refractivity contribution < 1.29 is 22.8 Å². The first-order valence-corrected chi connectivity index (χ1v) is 7.53. The third-order valence-electron chi connectivity index (χ3n) is 2.86. The van der Waals surface area contributed by atoms with E-state index in [1.807, 2.05) is 0 Å². The molecule has 122 valence electrons. The number of carbonyl (C=O) groups excluding carboxylic acids is 2. The van der Waals surface area contributed by atoms with E-state index >= 15 is 0 Å². The smallest absolute Gasteiger partial charge is 0.351 e. The number of hydrogen-bond donors (Lipinski definition) is 2. The molecule has 4 nitrogen and oxygen atoms in total. The molecule has 2 N–H and O–H groups in total. The molecule has 0 saturated heterocycles. The van der Waals surface area contributed by atoms with Crippen molar-refractivity contribution in [1.29, 1.82) is 0 Å². The first kappa shape index (κ1) is 17.0. The molecule has 0 aliphatic rings. The monoisotopic (exact) mass is 342 g/mol. The summed E-state index contributed by atoms with van der Waals surface area (Å²) in [6.07, 6.45) is -4.50. The zero-order chi connectivity index (χ0) is 16.9. The first-order chi connectivity index (χ1) is 10.9. The van der Waals surface area contributed by atoms with Crippen molar-refractivity contribution in [1.82, 2.24) is 5.32 Å². The van der Waals surface area contributed by atoms with Crippen molar-refractivity contribution >= 4 is 28.8 Å².